The minimum Gasteiger partial charge on any atom is -0.481 e. The second-order valence-corrected chi connectivity index (χ2v) is 5.69. The van der Waals surface area contributed by atoms with Crippen molar-refractivity contribution in [2.75, 3.05) is 6.54 Å². The topological polar surface area (TPSA) is 57.6 Å². The zero-order valence-corrected chi connectivity index (χ0v) is 12.3. The number of aliphatic carboxylic acids is 1. The second-order valence-electron chi connectivity index (χ2n) is 5.69. The first kappa shape index (κ1) is 15.5. The van der Waals surface area contributed by atoms with Gasteiger partial charge < -0.3 is 10.0 Å². The SMILES string of the molecule is CC(CC(=O)N1CCC(C(=O)O)C1C)c1ccccc1F. The van der Waals surface area contributed by atoms with E-state index >= 15 is 0 Å². The van der Waals surface area contributed by atoms with Gasteiger partial charge in [0.15, 0.2) is 0 Å². The summed E-state index contributed by atoms with van der Waals surface area (Å²) in [7, 11) is 0. The van der Waals surface area contributed by atoms with Crippen molar-refractivity contribution in [3.63, 3.8) is 0 Å². The molecule has 0 bridgehead atoms. The van der Waals surface area contributed by atoms with Crippen molar-refractivity contribution in [3.05, 3.63) is 35.6 Å². The lowest BCUT2D eigenvalue weighted by molar-refractivity contribution is -0.143. The Labute approximate surface area is 123 Å². The molecule has 0 radical (unpaired) electrons. The number of carbonyl (C=O) groups excluding carboxylic acids is 1. The Balaban J connectivity index is 2.02. The van der Waals surface area contributed by atoms with Gasteiger partial charge in [-0.3, -0.25) is 9.59 Å². The molecule has 5 heteroatoms. The molecule has 1 fully saturated rings. The Kier molecular flexibility index (Phi) is 4.60. The normalized spacial score (nSPS) is 23.1. The Hall–Kier alpha value is -1.91. The third-order valence-corrected chi connectivity index (χ3v) is 4.31. The predicted molar refractivity (Wildman–Crippen MR) is 76.3 cm³/mol. The van der Waals surface area contributed by atoms with E-state index in [1.807, 2.05) is 6.92 Å². The Morgan fingerprint density at radius 3 is 2.67 bits per heavy atom. The molecule has 3 unspecified atom stereocenters. The first-order valence-corrected chi connectivity index (χ1v) is 7.18. The summed E-state index contributed by atoms with van der Waals surface area (Å²) in [5, 5.41) is 9.09. The molecule has 114 valence electrons. The molecule has 21 heavy (non-hydrogen) atoms. The number of hydrogen-bond acceptors (Lipinski definition) is 2. The fourth-order valence-electron chi connectivity index (χ4n) is 2.99. The number of benzene rings is 1. The lowest BCUT2D eigenvalue weighted by atomic mass is 9.96. The van der Waals surface area contributed by atoms with Gasteiger partial charge in [-0.2, -0.15) is 0 Å². The summed E-state index contributed by atoms with van der Waals surface area (Å²) in [5.41, 5.74) is 0.521. The van der Waals surface area contributed by atoms with Crippen LogP contribution in [0.3, 0.4) is 0 Å². The minimum absolute atomic E-state index is 0.109. The lowest BCUT2D eigenvalue weighted by Gasteiger charge is -2.25. The average molecular weight is 293 g/mol. The summed E-state index contributed by atoms with van der Waals surface area (Å²) in [6.45, 7) is 4.03. The number of likely N-dealkylation sites (tertiary alicyclic amines) is 1. The van der Waals surface area contributed by atoms with Gasteiger partial charge in [0.2, 0.25) is 5.91 Å². The van der Waals surface area contributed by atoms with Crippen LogP contribution in [0.25, 0.3) is 0 Å². The maximum atomic E-state index is 13.7. The highest BCUT2D eigenvalue weighted by atomic mass is 19.1. The Morgan fingerprint density at radius 1 is 1.43 bits per heavy atom. The molecule has 0 spiro atoms. The van der Waals surface area contributed by atoms with Gasteiger partial charge >= 0.3 is 5.97 Å². The number of nitrogens with zero attached hydrogens (tertiary/aromatic N) is 1. The van der Waals surface area contributed by atoms with E-state index in [0.717, 1.165) is 0 Å². The van der Waals surface area contributed by atoms with Crippen molar-refractivity contribution < 1.29 is 19.1 Å². The van der Waals surface area contributed by atoms with Crippen molar-refractivity contribution >= 4 is 11.9 Å². The van der Waals surface area contributed by atoms with Crippen LogP contribution in [0.5, 0.6) is 0 Å². The zero-order chi connectivity index (χ0) is 15.6. The molecule has 2 rings (SSSR count). The molecule has 1 aliphatic rings. The van der Waals surface area contributed by atoms with Crippen molar-refractivity contribution in [2.45, 2.75) is 38.6 Å². The average Bonchev–Trinajstić information content (AvgIpc) is 2.81. The van der Waals surface area contributed by atoms with Crippen molar-refractivity contribution in [1.29, 1.82) is 0 Å². The van der Waals surface area contributed by atoms with Crippen molar-refractivity contribution in [1.82, 2.24) is 4.90 Å². The third-order valence-electron chi connectivity index (χ3n) is 4.31. The van der Waals surface area contributed by atoms with Crippen LogP contribution in [0, 0.1) is 11.7 Å². The molecule has 0 aliphatic carbocycles. The van der Waals surface area contributed by atoms with Gasteiger partial charge in [-0.15, -0.1) is 0 Å². The number of amides is 1. The smallest absolute Gasteiger partial charge is 0.308 e. The summed E-state index contributed by atoms with van der Waals surface area (Å²) in [6, 6.07) is 6.13. The molecule has 0 aromatic heterocycles. The van der Waals surface area contributed by atoms with E-state index in [1.54, 1.807) is 30.0 Å². The third kappa shape index (κ3) is 3.23. The van der Waals surface area contributed by atoms with Crippen LogP contribution in [-0.2, 0) is 9.59 Å². The molecule has 0 saturated carbocycles. The molecular formula is C16H20FNO3. The van der Waals surface area contributed by atoms with E-state index in [4.69, 9.17) is 5.11 Å². The fourth-order valence-corrected chi connectivity index (χ4v) is 2.99. The monoisotopic (exact) mass is 293 g/mol. The highest BCUT2D eigenvalue weighted by Gasteiger charge is 2.38. The Bertz CT molecular complexity index is 546. The van der Waals surface area contributed by atoms with E-state index in [1.165, 1.54) is 6.07 Å². The fraction of sp³-hybridized carbons (Fsp3) is 0.500. The summed E-state index contributed by atoms with van der Waals surface area (Å²) in [6.07, 6.45) is 0.675. The largest absolute Gasteiger partial charge is 0.481 e. The predicted octanol–water partition coefficient (Wildman–Crippen LogP) is 2.64. The highest BCUT2D eigenvalue weighted by Crippen LogP contribution is 2.28. The standard InChI is InChI=1S/C16H20FNO3/c1-10(12-5-3-4-6-14(12)17)9-15(19)18-8-7-13(11(18)2)16(20)21/h3-6,10-11,13H,7-9H2,1-2H3,(H,20,21). The summed E-state index contributed by atoms with van der Waals surface area (Å²) in [5.74, 6) is -2.01. The maximum Gasteiger partial charge on any atom is 0.308 e. The number of carbonyl (C=O) groups is 2. The minimum atomic E-state index is -0.861. The molecule has 4 nitrogen and oxygen atoms in total. The van der Waals surface area contributed by atoms with Crippen LogP contribution in [-0.4, -0.2) is 34.5 Å². The van der Waals surface area contributed by atoms with Crippen LogP contribution in [0.1, 0.15) is 38.2 Å². The molecule has 1 saturated heterocycles. The number of carboxylic acid groups (broad SMARTS) is 1. The Morgan fingerprint density at radius 2 is 2.10 bits per heavy atom. The van der Waals surface area contributed by atoms with E-state index in [-0.39, 0.29) is 30.1 Å². The summed E-state index contributed by atoms with van der Waals surface area (Å²) in [4.78, 5) is 25.0. The van der Waals surface area contributed by atoms with Gasteiger partial charge in [-0.1, -0.05) is 25.1 Å². The van der Waals surface area contributed by atoms with Gasteiger partial charge in [0, 0.05) is 19.0 Å². The lowest BCUT2D eigenvalue weighted by Crippen LogP contribution is -2.38. The van der Waals surface area contributed by atoms with E-state index in [9.17, 15) is 14.0 Å². The molecule has 1 N–H and O–H groups in total. The summed E-state index contributed by atoms with van der Waals surface area (Å²) < 4.78 is 13.7. The van der Waals surface area contributed by atoms with Crippen molar-refractivity contribution in [3.8, 4) is 0 Å². The van der Waals surface area contributed by atoms with Crippen LogP contribution >= 0.6 is 0 Å². The van der Waals surface area contributed by atoms with Crippen LogP contribution in [0.4, 0.5) is 4.39 Å². The zero-order valence-electron chi connectivity index (χ0n) is 12.3. The maximum absolute atomic E-state index is 13.7. The number of hydrogen-bond donors (Lipinski definition) is 1. The first-order chi connectivity index (χ1) is 9.91. The van der Waals surface area contributed by atoms with Crippen molar-refractivity contribution in [2.24, 2.45) is 5.92 Å². The van der Waals surface area contributed by atoms with Gasteiger partial charge in [-0.05, 0) is 30.9 Å². The van der Waals surface area contributed by atoms with Crippen LogP contribution in [0.15, 0.2) is 24.3 Å². The molecule has 1 aliphatic heterocycles. The van der Waals surface area contributed by atoms with E-state index in [0.29, 0.717) is 18.5 Å². The highest BCUT2D eigenvalue weighted by molar-refractivity contribution is 5.80. The molecule has 3 atom stereocenters. The van der Waals surface area contributed by atoms with E-state index in [2.05, 4.69) is 0 Å². The number of carboxylic acids is 1. The van der Waals surface area contributed by atoms with Gasteiger partial charge in [0.1, 0.15) is 5.82 Å². The number of halogens is 1. The molecule has 1 amide bonds. The molecule has 1 aromatic rings. The molecule has 1 aromatic carbocycles. The van der Waals surface area contributed by atoms with Gasteiger partial charge in [0.05, 0.1) is 5.92 Å². The summed E-state index contributed by atoms with van der Waals surface area (Å²) >= 11 is 0. The van der Waals surface area contributed by atoms with Crippen LogP contribution in [0.2, 0.25) is 0 Å². The second kappa shape index (κ2) is 6.24. The number of rotatable bonds is 4. The first-order valence-electron chi connectivity index (χ1n) is 7.18. The van der Waals surface area contributed by atoms with Gasteiger partial charge in [0.25, 0.3) is 0 Å². The molecular weight excluding hydrogens is 273 g/mol. The van der Waals surface area contributed by atoms with Gasteiger partial charge in [-0.25, -0.2) is 4.39 Å². The van der Waals surface area contributed by atoms with E-state index < -0.39 is 11.9 Å². The molecule has 1 heterocycles. The van der Waals surface area contributed by atoms with Crippen LogP contribution < -0.4 is 0 Å². The quantitative estimate of drug-likeness (QED) is 0.928.